The van der Waals surface area contributed by atoms with E-state index in [1.165, 1.54) is 19.3 Å². The molecule has 0 spiro atoms. The van der Waals surface area contributed by atoms with Gasteiger partial charge in [-0.1, -0.05) is 6.08 Å². The Kier molecular flexibility index (Phi) is 4.34. The maximum atomic E-state index is 11.8. The van der Waals surface area contributed by atoms with E-state index in [1.54, 1.807) is 12.3 Å². The molecule has 1 N–H and O–H groups in total. The van der Waals surface area contributed by atoms with Gasteiger partial charge in [-0.25, -0.2) is 0 Å². The molecule has 1 fully saturated rings. The molecular formula is C14H19N3O. The molecule has 2 heterocycles. The van der Waals surface area contributed by atoms with Gasteiger partial charge in [-0.2, -0.15) is 0 Å². The van der Waals surface area contributed by atoms with Gasteiger partial charge in [-0.3, -0.25) is 9.78 Å². The number of nitrogens with zero attached hydrogens (tertiary/aromatic N) is 2. The molecule has 4 nitrogen and oxygen atoms in total. The van der Waals surface area contributed by atoms with E-state index in [0.29, 0.717) is 12.1 Å². The maximum Gasteiger partial charge on any atom is 0.253 e. The Hall–Kier alpha value is -1.84. The number of anilines is 1. The summed E-state index contributed by atoms with van der Waals surface area (Å²) in [5, 5.41) is 2.76. The summed E-state index contributed by atoms with van der Waals surface area (Å²) in [4.78, 5) is 18.3. The zero-order valence-corrected chi connectivity index (χ0v) is 10.6. The number of amides is 1. The highest BCUT2D eigenvalue weighted by molar-refractivity contribution is 5.94. The Morgan fingerprint density at radius 2 is 2.17 bits per heavy atom. The van der Waals surface area contributed by atoms with E-state index < -0.39 is 0 Å². The molecule has 1 aliphatic rings. The van der Waals surface area contributed by atoms with E-state index >= 15 is 0 Å². The van der Waals surface area contributed by atoms with Crippen molar-refractivity contribution in [3.8, 4) is 0 Å². The molecule has 0 radical (unpaired) electrons. The van der Waals surface area contributed by atoms with E-state index in [-0.39, 0.29) is 5.91 Å². The average molecular weight is 245 g/mol. The quantitative estimate of drug-likeness (QED) is 0.825. The molecule has 0 aromatic carbocycles. The van der Waals surface area contributed by atoms with Crippen LogP contribution < -0.4 is 10.2 Å². The van der Waals surface area contributed by atoms with Crippen molar-refractivity contribution in [2.24, 2.45) is 0 Å². The topological polar surface area (TPSA) is 45.2 Å². The second-order valence-electron chi connectivity index (χ2n) is 4.48. The smallest absolute Gasteiger partial charge is 0.253 e. The zero-order valence-electron chi connectivity index (χ0n) is 10.6. The summed E-state index contributed by atoms with van der Waals surface area (Å²) < 4.78 is 0. The minimum atomic E-state index is -0.0961. The van der Waals surface area contributed by atoms with Gasteiger partial charge >= 0.3 is 0 Å². The predicted molar refractivity (Wildman–Crippen MR) is 72.8 cm³/mol. The fraction of sp³-hybridized carbons (Fsp3) is 0.429. The van der Waals surface area contributed by atoms with Gasteiger partial charge < -0.3 is 10.2 Å². The van der Waals surface area contributed by atoms with Crippen LogP contribution in [0.15, 0.2) is 31.1 Å². The Morgan fingerprint density at radius 3 is 2.89 bits per heavy atom. The number of nitrogens with one attached hydrogen (secondary N) is 1. The first kappa shape index (κ1) is 12.6. The first-order valence-corrected chi connectivity index (χ1v) is 6.40. The number of rotatable bonds is 4. The molecule has 4 heteroatoms. The highest BCUT2D eigenvalue weighted by atomic mass is 16.1. The first-order valence-electron chi connectivity index (χ1n) is 6.40. The lowest BCUT2D eigenvalue weighted by atomic mass is 10.1. The number of aromatic nitrogens is 1. The third-order valence-corrected chi connectivity index (χ3v) is 3.11. The molecule has 1 saturated heterocycles. The first-order chi connectivity index (χ1) is 8.81. The lowest BCUT2D eigenvalue weighted by molar-refractivity contribution is 0.0957. The summed E-state index contributed by atoms with van der Waals surface area (Å²) in [5.41, 5.74) is 1.65. The molecule has 1 aromatic heterocycles. The van der Waals surface area contributed by atoms with Crippen molar-refractivity contribution in [2.45, 2.75) is 19.3 Å². The van der Waals surface area contributed by atoms with E-state index in [0.717, 1.165) is 18.8 Å². The van der Waals surface area contributed by atoms with Crippen molar-refractivity contribution in [3.05, 3.63) is 36.7 Å². The number of carbonyl (C=O) groups excluding carboxylic acids is 1. The summed E-state index contributed by atoms with van der Waals surface area (Å²) in [7, 11) is 0. The molecule has 1 aliphatic heterocycles. The van der Waals surface area contributed by atoms with E-state index in [9.17, 15) is 4.79 Å². The third-order valence-electron chi connectivity index (χ3n) is 3.11. The Morgan fingerprint density at radius 1 is 1.39 bits per heavy atom. The summed E-state index contributed by atoms with van der Waals surface area (Å²) >= 11 is 0. The fourth-order valence-electron chi connectivity index (χ4n) is 2.14. The molecule has 18 heavy (non-hydrogen) atoms. The highest BCUT2D eigenvalue weighted by Crippen LogP contribution is 2.19. The van der Waals surface area contributed by atoms with Gasteiger partial charge in [-0.15, -0.1) is 6.58 Å². The van der Waals surface area contributed by atoms with Gasteiger partial charge in [0.25, 0.3) is 5.91 Å². The van der Waals surface area contributed by atoms with Crippen molar-refractivity contribution < 1.29 is 4.79 Å². The number of hydrogen-bond acceptors (Lipinski definition) is 3. The fourth-order valence-corrected chi connectivity index (χ4v) is 2.14. The normalized spacial score (nSPS) is 15.2. The summed E-state index contributed by atoms with van der Waals surface area (Å²) in [6, 6.07) is 1.91. The molecule has 96 valence electrons. The van der Waals surface area contributed by atoms with Gasteiger partial charge in [0.1, 0.15) is 0 Å². The number of hydrogen-bond donors (Lipinski definition) is 1. The number of piperidine rings is 1. The molecular weight excluding hydrogens is 226 g/mol. The van der Waals surface area contributed by atoms with E-state index in [2.05, 4.69) is 21.8 Å². The van der Waals surface area contributed by atoms with E-state index in [1.807, 2.05) is 12.3 Å². The monoisotopic (exact) mass is 245 g/mol. The van der Waals surface area contributed by atoms with Crippen LogP contribution in [-0.4, -0.2) is 30.5 Å². The van der Waals surface area contributed by atoms with Crippen molar-refractivity contribution >= 4 is 11.6 Å². The van der Waals surface area contributed by atoms with Crippen molar-refractivity contribution in [2.75, 3.05) is 24.5 Å². The van der Waals surface area contributed by atoms with Crippen molar-refractivity contribution in [1.82, 2.24) is 10.3 Å². The second kappa shape index (κ2) is 6.19. The SMILES string of the molecule is C=CCNC(=O)c1cncc(N2CCCCC2)c1. The van der Waals surface area contributed by atoms with Crippen LogP contribution >= 0.6 is 0 Å². The van der Waals surface area contributed by atoms with Crippen LogP contribution in [0, 0.1) is 0 Å². The second-order valence-corrected chi connectivity index (χ2v) is 4.48. The maximum absolute atomic E-state index is 11.8. The van der Waals surface area contributed by atoms with E-state index in [4.69, 9.17) is 0 Å². The zero-order chi connectivity index (χ0) is 12.8. The summed E-state index contributed by atoms with van der Waals surface area (Å²) in [6.07, 6.45) is 8.82. The molecule has 2 rings (SSSR count). The summed E-state index contributed by atoms with van der Waals surface area (Å²) in [5.74, 6) is -0.0961. The molecule has 0 unspecified atom stereocenters. The molecule has 1 amide bonds. The summed E-state index contributed by atoms with van der Waals surface area (Å²) in [6.45, 7) is 6.17. The molecule has 1 aromatic rings. The van der Waals surface area contributed by atoms with Crippen molar-refractivity contribution in [3.63, 3.8) is 0 Å². The Balaban J connectivity index is 2.08. The Bertz CT molecular complexity index is 425. The van der Waals surface area contributed by atoms with Crippen LogP contribution in [0.2, 0.25) is 0 Å². The van der Waals surface area contributed by atoms with Gasteiger partial charge in [0.05, 0.1) is 17.4 Å². The number of pyridine rings is 1. The minimum Gasteiger partial charge on any atom is -0.370 e. The molecule has 0 aliphatic carbocycles. The van der Waals surface area contributed by atoms with Crippen LogP contribution in [0.25, 0.3) is 0 Å². The molecule has 0 saturated carbocycles. The third kappa shape index (κ3) is 3.09. The predicted octanol–water partition coefficient (Wildman–Crippen LogP) is 1.99. The van der Waals surface area contributed by atoms with Gasteiger partial charge in [0, 0.05) is 25.8 Å². The lowest BCUT2D eigenvalue weighted by Crippen LogP contribution is -2.30. The van der Waals surface area contributed by atoms with Gasteiger partial charge in [0.15, 0.2) is 0 Å². The standard InChI is InChI=1S/C14H19N3O/c1-2-6-16-14(18)12-9-13(11-15-10-12)17-7-4-3-5-8-17/h2,9-11H,1,3-8H2,(H,16,18). The van der Waals surface area contributed by atoms with Crippen LogP contribution in [0.4, 0.5) is 5.69 Å². The lowest BCUT2D eigenvalue weighted by Gasteiger charge is -2.28. The molecule has 0 bridgehead atoms. The van der Waals surface area contributed by atoms with Crippen LogP contribution in [0.5, 0.6) is 0 Å². The van der Waals surface area contributed by atoms with Gasteiger partial charge in [-0.05, 0) is 25.3 Å². The highest BCUT2D eigenvalue weighted by Gasteiger charge is 2.13. The Labute approximate surface area is 108 Å². The minimum absolute atomic E-state index is 0.0961. The van der Waals surface area contributed by atoms with Crippen LogP contribution in [0.3, 0.4) is 0 Å². The van der Waals surface area contributed by atoms with Crippen LogP contribution in [0.1, 0.15) is 29.6 Å². The van der Waals surface area contributed by atoms with Crippen LogP contribution in [-0.2, 0) is 0 Å². The molecule has 0 atom stereocenters. The largest absolute Gasteiger partial charge is 0.370 e. The number of carbonyl (C=O) groups is 1. The average Bonchev–Trinajstić information content (AvgIpc) is 2.46. The van der Waals surface area contributed by atoms with Gasteiger partial charge in [0.2, 0.25) is 0 Å². The van der Waals surface area contributed by atoms with Crippen molar-refractivity contribution in [1.29, 1.82) is 0 Å².